The maximum absolute atomic E-state index is 10.6. The van der Waals surface area contributed by atoms with Gasteiger partial charge in [0.1, 0.15) is 6.23 Å². The monoisotopic (exact) mass is 250 g/mol. The fraction of sp³-hybridized carbons (Fsp3) is 0.625. The summed E-state index contributed by atoms with van der Waals surface area (Å²) in [6.07, 6.45) is -3.46. The minimum absolute atomic E-state index is 0.713. The molecule has 98 valence electrons. The molecular weight excluding hydrogens is 236 g/mol. The molecule has 0 aliphatic heterocycles. The minimum Gasteiger partial charge on any atom is -0.481 e. The van der Waals surface area contributed by atoms with Crippen LogP contribution < -0.4 is 11.1 Å². The van der Waals surface area contributed by atoms with Gasteiger partial charge in [-0.2, -0.15) is 0 Å². The molecule has 0 saturated heterocycles. The molecule has 9 nitrogen and oxygen atoms in total. The zero-order chi connectivity index (χ0) is 13.6. The maximum Gasteiger partial charge on any atom is 0.317 e. The molecule has 0 bridgehead atoms. The Kier molecular flexibility index (Phi) is 5.51. The number of hydrogen-bond acceptors (Lipinski definition) is 6. The van der Waals surface area contributed by atoms with Crippen molar-refractivity contribution in [3.05, 3.63) is 0 Å². The van der Waals surface area contributed by atoms with E-state index in [2.05, 4.69) is 5.32 Å². The molecule has 0 radical (unpaired) electrons. The third-order valence-electron chi connectivity index (χ3n) is 2.09. The zero-order valence-corrected chi connectivity index (χ0v) is 8.79. The summed E-state index contributed by atoms with van der Waals surface area (Å²) < 4.78 is 0. The zero-order valence-electron chi connectivity index (χ0n) is 8.79. The number of aliphatic hydroxyl groups is 1. The number of aliphatic carboxylic acids is 3. The van der Waals surface area contributed by atoms with Crippen LogP contribution in [-0.2, 0) is 14.4 Å². The molecule has 0 amide bonds. The van der Waals surface area contributed by atoms with E-state index in [1.165, 1.54) is 0 Å². The first-order valence-corrected chi connectivity index (χ1v) is 4.53. The van der Waals surface area contributed by atoms with Crippen LogP contribution in [0.2, 0.25) is 0 Å². The Hall–Kier alpha value is -1.71. The van der Waals surface area contributed by atoms with Crippen LogP contribution >= 0.6 is 0 Å². The van der Waals surface area contributed by atoms with Crippen LogP contribution in [0.4, 0.5) is 0 Å². The Bertz CT molecular complexity index is 299. The molecule has 0 aromatic rings. The van der Waals surface area contributed by atoms with Crippen molar-refractivity contribution < 1.29 is 34.8 Å². The van der Waals surface area contributed by atoms with Gasteiger partial charge >= 0.3 is 17.9 Å². The average Bonchev–Trinajstić information content (AvgIpc) is 2.11. The van der Waals surface area contributed by atoms with Crippen molar-refractivity contribution >= 4 is 17.9 Å². The molecule has 0 aromatic heterocycles. The number of nitrogens with two attached hydrogens (primary N) is 1. The van der Waals surface area contributed by atoms with E-state index in [9.17, 15) is 19.5 Å². The highest BCUT2D eigenvalue weighted by Crippen LogP contribution is 2.18. The van der Waals surface area contributed by atoms with E-state index < -0.39 is 49.1 Å². The Morgan fingerprint density at radius 3 is 1.71 bits per heavy atom. The molecule has 0 aliphatic carbocycles. The lowest BCUT2D eigenvalue weighted by molar-refractivity contribution is -0.147. The average molecular weight is 250 g/mol. The van der Waals surface area contributed by atoms with E-state index in [4.69, 9.17) is 21.1 Å². The first-order valence-electron chi connectivity index (χ1n) is 4.53. The van der Waals surface area contributed by atoms with Crippen molar-refractivity contribution in [2.45, 2.75) is 24.6 Å². The lowest BCUT2D eigenvalue weighted by atomic mass is 9.89. The summed E-state index contributed by atoms with van der Waals surface area (Å²) in [5, 5.41) is 37.1. The minimum atomic E-state index is -1.92. The van der Waals surface area contributed by atoms with Crippen molar-refractivity contribution in [3.63, 3.8) is 0 Å². The third-order valence-corrected chi connectivity index (χ3v) is 2.09. The van der Waals surface area contributed by atoms with E-state index in [1.54, 1.807) is 0 Å². The van der Waals surface area contributed by atoms with Gasteiger partial charge < -0.3 is 26.2 Å². The lowest BCUT2D eigenvalue weighted by Gasteiger charge is -2.34. The number of carboxylic acids is 3. The number of nitrogens with one attached hydrogen (secondary N) is 1. The Morgan fingerprint density at radius 2 is 1.47 bits per heavy atom. The smallest absolute Gasteiger partial charge is 0.317 e. The summed E-state index contributed by atoms with van der Waals surface area (Å²) >= 11 is 0. The molecule has 0 aromatic carbocycles. The summed E-state index contributed by atoms with van der Waals surface area (Å²) in [5.41, 5.74) is 3.21. The number of hydrogen-bond donors (Lipinski definition) is 6. The first-order chi connectivity index (χ1) is 7.69. The molecule has 1 atom stereocenters. The topological polar surface area (TPSA) is 170 Å². The first kappa shape index (κ1) is 15.3. The van der Waals surface area contributed by atoms with Crippen molar-refractivity contribution in [1.82, 2.24) is 5.32 Å². The van der Waals surface area contributed by atoms with Gasteiger partial charge in [0, 0.05) is 0 Å². The molecule has 0 rings (SSSR count). The SMILES string of the molecule is NC(O)C(CC(=O)O)(CC(=O)O)NCC(=O)O. The van der Waals surface area contributed by atoms with Crippen molar-refractivity contribution in [2.75, 3.05) is 6.54 Å². The van der Waals surface area contributed by atoms with Crippen molar-refractivity contribution in [3.8, 4) is 0 Å². The van der Waals surface area contributed by atoms with Crippen LogP contribution in [0, 0.1) is 0 Å². The highest BCUT2D eigenvalue weighted by atomic mass is 16.4. The highest BCUT2D eigenvalue weighted by Gasteiger charge is 2.40. The number of carbonyl (C=O) groups is 3. The van der Waals surface area contributed by atoms with Gasteiger partial charge in [0.2, 0.25) is 0 Å². The van der Waals surface area contributed by atoms with Gasteiger partial charge in [-0.1, -0.05) is 0 Å². The molecule has 0 heterocycles. The Morgan fingerprint density at radius 1 is 1.06 bits per heavy atom. The van der Waals surface area contributed by atoms with Gasteiger partial charge in [-0.3, -0.25) is 19.7 Å². The quantitative estimate of drug-likeness (QED) is 0.257. The van der Waals surface area contributed by atoms with E-state index in [0.717, 1.165) is 0 Å². The molecule has 7 N–H and O–H groups in total. The normalized spacial score (nSPS) is 13.1. The summed E-state index contributed by atoms with van der Waals surface area (Å²) in [5.74, 6) is -4.15. The molecule has 0 aliphatic rings. The Labute approximate surface area is 95.8 Å². The number of carboxylic acid groups (broad SMARTS) is 3. The largest absolute Gasteiger partial charge is 0.481 e. The molecular formula is C8H14N2O7. The van der Waals surface area contributed by atoms with Gasteiger partial charge in [0.25, 0.3) is 0 Å². The van der Waals surface area contributed by atoms with Gasteiger partial charge in [0.05, 0.1) is 24.9 Å². The lowest BCUT2D eigenvalue weighted by Crippen LogP contribution is -2.61. The maximum atomic E-state index is 10.6. The van der Waals surface area contributed by atoms with Crippen LogP contribution in [0.25, 0.3) is 0 Å². The number of rotatable bonds is 8. The van der Waals surface area contributed by atoms with Crippen molar-refractivity contribution in [2.24, 2.45) is 5.73 Å². The summed E-state index contributed by atoms with van der Waals surface area (Å²) in [7, 11) is 0. The number of aliphatic hydroxyl groups excluding tert-OH is 1. The predicted molar refractivity (Wildman–Crippen MR) is 53.1 cm³/mol. The van der Waals surface area contributed by atoms with Crippen LogP contribution in [0.3, 0.4) is 0 Å². The predicted octanol–water partition coefficient (Wildman–Crippen LogP) is -2.37. The molecule has 0 saturated carbocycles. The van der Waals surface area contributed by atoms with Gasteiger partial charge in [-0.25, -0.2) is 0 Å². The molecule has 1 unspecified atom stereocenters. The van der Waals surface area contributed by atoms with Crippen LogP contribution in [0.5, 0.6) is 0 Å². The molecule has 0 spiro atoms. The molecule has 17 heavy (non-hydrogen) atoms. The van der Waals surface area contributed by atoms with Crippen LogP contribution in [0.1, 0.15) is 12.8 Å². The fourth-order valence-corrected chi connectivity index (χ4v) is 1.29. The highest BCUT2D eigenvalue weighted by molar-refractivity contribution is 5.74. The third kappa shape index (κ3) is 5.24. The van der Waals surface area contributed by atoms with Gasteiger partial charge in [0.15, 0.2) is 0 Å². The summed E-state index contributed by atoms with van der Waals surface area (Å²) in [6, 6.07) is 0. The summed E-state index contributed by atoms with van der Waals surface area (Å²) in [6.45, 7) is -0.713. The van der Waals surface area contributed by atoms with E-state index in [0.29, 0.717) is 0 Å². The van der Waals surface area contributed by atoms with E-state index in [-0.39, 0.29) is 0 Å². The second-order valence-electron chi connectivity index (χ2n) is 3.49. The second-order valence-corrected chi connectivity index (χ2v) is 3.49. The van der Waals surface area contributed by atoms with E-state index >= 15 is 0 Å². The Balaban J connectivity index is 5.00. The molecule has 9 heteroatoms. The summed E-state index contributed by atoms with van der Waals surface area (Å²) in [4.78, 5) is 31.6. The van der Waals surface area contributed by atoms with Crippen LogP contribution in [-0.4, -0.2) is 56.6 Å². The van der Waals surface area contributed by atoms with E-state index in [1.807, 2.05) is 0 Å². The standard InChI is InChI=1S/C8H14N2O7/c9-7(17)8(1-4(11)12,2-5(13)14)10-3-6(15)16/h7,10,17H,1-3,9H2,(H,11,12)(H,13,14)(H,15,16). The van der Waals surface area contributed by atoms with Crippen molar-refractivity contribution in [1.29, 1.82) is 0 Å². The second kappa shape index (κ2) is 6.13. The van der Waals surface area contributed by atoms with Gasteiger partial charge in [-0.05, 0) is 0 Å². The van der Waals surface area contributed by atoms with Gasteiger partial charge in [-0.15, -0.1) is 0 Å². The fourth-order valence-electron chi connectivity index (χ4n) is 1.29. The van der Waals surface area contributed by atoms with Crippen LogP contribution in [0.15, 0.2) is 0 Å². The molecule has 0 fully saturated rings.